The molecule has 0 spiro atoms. The average molecular weight is 387 g/mol. The van der Waals surface area contributed by atoms with Crippen LogP contribution in [0.4, 0.5) is 4.39 Å². The summed E-state index contributed by atoms with van der Waals surface area (Å²) in [6.07, 6.45) is 0. The van der Waals surface area contributed by atoms with Crippen LogP contribution in [0.25, 0.3) is 0 Å². The van der Waals surface area contributed by atoms with Crippen molar-refractivity contribution >= 4 is 5.96 Å². The van der Waals surface area contributed by atoms with E-state index in [0.717, 1.165) is 36.5 Å². The Morgan fingerprint density at radius 1 is 1.00 bits per heavy atom. The molecule has 0 radical (unpaired) electrons. The zero-order valence-corrected chi connectivity index (χ0v) is 17.0. The molecule has 0 unspecified atom stereocenters. The fourth-order valence-corrected chi connectivity index (χ4v) is 2.80. The molecule has 0 aliphatic carbocycles. The second-order valence-electron chi connectivity index (χ2n) is 6.39. The molecule has 0 heterocycles. The van der Waals surface area contributed by atoms with Crippen molar-refractivity contribution in [1.82, 2.24) is 15.5 Å². The maximum Gasteiger partial charge on any atom is 0.191 e. The van der Waals surface area contributed by atoms with Gasteiger partial charge in [-0.15, -0.1) is 0 Å². The fourth-order valence-electron chi connectivity index (χ4n) is 2.80. The van der Waals surface area contributed by atoms with Crippen molar-refractivity contribution in [2.24, 2.45) is 4.99 Å². The Balaban J connectivity index is 1.85. The summed E-state index contributed by atoms with van der Waals surface area (Å²) in [6, 6.07) is 14.5. The van der Waals surface area contributed by atoms with Crippen LogP contribution in [0.15, 0.2) is 53.5 Å². The number of likely N-dealkylation sites (N-methyl/N-ethyl adjacent to an activating group) is 1. The number of nitrogens with one attached hydrogen (secondary N) is 2. The normalized spacial score (nSPS) is 11.5. The molecule has 0 atom stereocenters. The van der Waals surface area contributed by atoms with Crippen molar-refractivity contribution in [3.05, 3.63) is 65.5 Å². The van der Waals surface area contributed by atoms with Crippen molar-refractivity contribution in [3.8, 4) is 5.75 Å². The van der Waals surface area contributed by atoms with E-state index in [-0.39, 0.29) is 5.82 Å². The Labute approximate surface area is 167 Å². The van der Waals surface area contributed by atoms with Crippen molar-refractivity contribution in [1.29, 1.82) is 0 Å². The first-order valence-electron chi connectivity index (χ1n) is 9.78. The molecule has 0 saturated heterocycles. The first-order valence-corrected chi connectivity index (χ1v) is 9.78. The van der Waals surface area contributed by atoms with Gasteiger partial charge in [0, 0.05) is 32.2 Å². The van der Waals surface area contributed by atoms with Crippen LogP contribution >= 0.6 is 0 Å². The molecule has 152 valence electrons. The lowest BCUT2D eigenvalue weighted by Gasteiger charge is -2.19. The van der Waals surface area contributed by atoms with E-state index in [1.165, 1.54) is 12.1 Å². The van der Waals surface area contributed by atoms with Crippen LogP contribution in [0.1, 0.15) is 25.0 Å². The molecule has 0 bridgehead atoms. The van der Waals surface area contributed by atoms with Gasteiger partial charge in [-0.3, -0.25) is 4.99 Å². The minimum absolute atomic E-state index is 0.233. The lowest BCUT2D eigenvalue weighted by molar-refractivity contribution is 0.221. The van der Waals surface area contributed by atoms with E-state index in [1.54, 1.807) is 19.2 Å². The van der Waals surface area contributed by atoms with E-state index >= 15 is 0 Å². The van der Waals surface area contributed by atoms with E-state index in [1.807, 2.05) is 24.3 Å². The molecular weight excluding hydrogens is 355 g/mol. The summed E-state index contributed by atoms with van der Waals surface area (Å²) in [5.74, 6) is 1.34. The fraction of sp³-hybridized carbons (Fsp3) is 0.409. The summed E-state index contributed by atoms with van der Waals surface area (Å²) in [6.45, 7) is 9.12. The molecule has 0 saturated carbocycles. The molecular formula is C22H31FN4O. The number of nitrogens with zero attached hydrogens (tertiary/aromatic N) is 2. The van der Waals surface area contributed by atoms with Gasteiger partial charge in [0.1, 0.15) is 18.2 Å². The van der Waals surface area contributed by atoms with E-state index in [9.17, 15) is 4.39 Å². The summed E-state index contributed by atoms with van der Waals surface area (Å²) < 4.78 is 19.0. The van der Waals surface area contributed by atoms with E-state index in [4.69, 9.17) is 4.74 Å². The van der Waals surface area contributed by atoms with Gasteiger partial charge in [-0.05, 0) is 36.9 Å². The summed E-state index contributed by atoms with van der Waals surface area (Å²) in [5.41, 5.74) is 2.07. The van der Waals surface area contributed by atoms with Crippen LogP contribution < -0.4 is 15.4 Å². The highest BCUT2D eigenvalue weighted by molar-refractivity contribution is 5.79. The predicted molar refractivity (Wildman–Crippen MR) is 113 cm³/mol. The number of hydrogen-bond acceptors (Lipinski definition) is 3. The number of hydrogen-bond donors (Lipinski definition) is 2. The van der Waals surface area contributed by atoms with Crippen LogP contribution in [-0.2, 0) is 13.1 Å². The molecule has 0 aliphatic heterocycles. The quantitative estimate of drug-likeness (QED) is 0.485. The molecule has 0 amide bonds. The zero-order chi connectivity index (χ0) is 20.2. The average Bonchev–Trinajstić information content (AvgIpc) is 2.73. The molecule has 0 fully saturated rings. The minimum Gasteiger partial charge on any atom is -0.492 e. The molecule has 0 aromatic heterocycles. The van der Waals surface area contributed by atoms with Crippen molar-refractivity contribution in [2.75, 3.05) is 33.3 Å². The molecule has 2 rings (SSSR count). The third kappa shape index (κ3) is 7.19. The highest BCUT2D eigenvalue weighted by Gasteiger charge is 2.06. The van der Waals surface area contributed by atoms with Gasteiger partial charge in [0.2, 0.25) is 0 Å². The summed E-state index contributed by atoms with van der Waals surface area (Å²) in [5, 5.41) is 6.54. The molecule has 2 aromatic rings. The van der Waals surface area contributed by atoms with Gasteiger partial charge in [-0.25, -0.2) is 4.39 Å². The number of aliphatic imine (C=N–C) groups is 1. The van der Waals surface area contributed by atoms with Gasteiger partial charge in [-0.1, -0.05) is 44.2 Å². The Kier molecular flexibility index (Phi) is 9.28. The smallest absolute Gasteiger partial charge is 0.191 e. The summed E-state index contributed by atoms with van der Waals surface area (Å²) >= 11 is 0. The topological polar surface area (TPSA) is 48.9 Å². The second-order valence-corrected chi connectivity index (χ2v) is 6.39. The maximum atomic E-state index is 13.0. The van der Waals surface area contributed by atoms with Crippen molar-refractivity contribution in [3.63, 3.8) is 0 Å². The molecule has 2 N–H and O–H groups in total. The third-order valence-electron chi connectivity index (χ3n) is 4.58. The van der Waals surface area contributed by atoms with E-state index < -0.39 is 0 Å². The predicted octanol–water partition coefficient (Wildman–Crippen LogP) is 3.41. The monoisotopic (exact) mass is 386 g/mol. The van der Waals surface area contributed by atoms with Gasteiger partial charge in [-0.2, -0.15) is 0 Å². The first kappa shape index (κ1) is 21.7. The number of benzene rings is 2. The zero-order valence-electron chi connectivity index (χ0n) is 17.0. The Bertz CT molecular complexity index is 730. The number of halogens is 1. The highest BCUT2D eigenvalue weighted by atomic mass is 19.1. The number of ether oxygens (including phenoxy) is 1. The number of rotatable bonds is 10. The summed E-state index contributed by atoms with van der Waals surface area (Å²) in [4.78, 5) is 6.58. The minimum atomic E-state index is -0.233. The van der Waals surface area contributed by atoms with Crippen molar-refractivity contribution in [2.45, 2.75) is 26.9 Å². The molecule has 28 heavy (non-hydrogen) atoms. The molecule has 2 aromatic carbocycles. The maximum absolute atomic E-state index is 13.0. The first-order chi connectivity index (χ1) is 13.7. The van der Waals surface area contributed by atoms with Crippen molar-refractivity contribution < 1.29 is 9.13 Å². The van der Waals surface area contributed by atoms with Gasteiger partial charge in [0.15, 0.2) is 5.96 Å². The Hall–Kier alpha value is -2.60. The Morgan fingerprint density at radius 2 is 1.68 bits per heavy atom. The van der Waals surface area contributed by atoms with Gasteiger partial charge < -0.3 is 20.3 Å². The van der Waals surface area contributed by atoms with Crippen LogP contribution in [0.5, 0.6) is 5.75 Å². The molecule has 5 nitrogen and oxygen atoms in total. The van der Waals surface area contributed by atoms with Crippen LogP contribution in [0.2, 0.25) is 0 Å². The molecule has 6 heteroatoms. The van der Waals surface area contributed by atoms with Gasteiger partial charge >= 0.3 is 0 Å². The van der Waals surface area contributed by atoms with Crippen LogP contribution in [0.3, 0.4) is 0 Å². The summed E-state index contributed by atoms with van der Waals surface area (Å²) in [7, 11) is 1.73. The lowest BCUT2D eigenvalue weighted by Crippen LogP contribution is -2.36. The number of guanidine groups is 1. The second kappa shape index (κ2) is 12.0. The van der Waals surface area contributed by atoms with Gasteiger partial charge in [0.05, 0.1) is 0 Å². The van der Waals surface area contributed by atoms with Gasteiger partial charge in [0.25, 0.3) is 0 Å². The lowest BCUT2D eigenvalue weighted by atomic mass is 10.2. The van der Waals surface area contributed by atoms with Crippen LogP contribution in [-0.4, -0.2) is 44.1 Å². The Morgan fingerprint density at radius 3 is 2.36 bits per heavy atom. The SMILES string of the molecule is CCN(CC)CCOc1ccccc1CNC(=NC)NCc1ccc(F)cc1. The van der Waals surface area contributed by atoms with E-state index in [0.29, 0.717) is 25.7 Å². The third-order valence-corrected chi connectivity index (χ3v) is 4.58. The van der Waals surface area contributed by atoms with Crippen LogP contribution in [0, 0.1) is 5.82 Å². The number of para-hydroxylation sites is 1. The standard InChI is InChI=1S/C22H31FN4O/c1-4-27(5-2)14-15-28-21-9-7-6-8-19(21)17-26-22(24-3)25-16-18-10-12-20(23)13-11-18/h6-13H,4-5,14-17H2,1-3H3,(H2,24,25,26). The van der Waals surface area contributed by atoms with E-state index in [2.05, 4.69) is 34.4 Å². The highest BCUT2D eigenvalue weighted by Crippen LogP contribution is 2.17. The molecule has 0 aliphatic rings. The largest absolute Gasteiger partial charge is 0.492 e.